The summed E-state index contributed by atoms with van der Waals surface area (Å²) in [5.41, 5.74) is 6.81. The first-order valence-corrected chi connectivity index (χ1v) is 5.89. The van der Waals surface area contributed by atoms with Crippen molar-refractivity contribution in [2.45, 2.75) is 26.3 Å². The fourth-order valence-corrected chi connectivity index (χ4v) is 1.72. The summed E-state index contributed by atoms with van der Waals surface area (Å²) < 4.78 is 1.68. The molecule has 90 valence electrons. The number of nitrogens with zero attached hydrogens (tertiary/aromatic N) is 3. The molecule has 0 saturated heterocycles. The van der Waals surface area contributed by atoms with Gasteiger partial charge in [-0.25, -0.2) is 4.68 Å². The van der Waals surface area contributed by atoms with Crippen molar-refractivity contribution in [1.82, 2.24) is 14.8 Å². The number of nitrogen functional groups attached to an aromatic ring is 1. The number of nitrogens with two attached hydrogens (primary N) is 1. The zero-order valence-electron chi connectivity index (χ0n) is 9.89. The zero-order valence-corrected chi connectivity index (χ0v) is 10.6. The van der Waals surface area contributed by atoms with Gasteiger partial charge in [0.1, 0.15) is 0 Å². The summed E-state index contributed by atoms with van der Waals surface area (Å²) in [4.78, 5) is 4.22. The van der Waals surface area contributed by atoms with Crippen molar-refractivity contribution in [2.24, 2.45) is 0 Å². The topological polar surface area (TPSA) is 56.7 Å². The van der Waals surface area contributed by atoms with E-state index in [1.54, 1.807) is 4.68 Å². The van der Waals surface area contributed by atoms with Gasteiger partial charge < -0.3 is 5.73 Å². The van der Waals surface area contributed by atoms with Crippen LogP contribution in [0, 0.1) is 0 Å². The van der Waals surface area contributed by atoms with Gasteiger partial charge in [-0.3, -0.25) is 0 Å². The molecule has 2 N–H and O–H groups in total. The Kier molecular flexibility index (Phi) is 3.33. The van der Waals surface area contributed by atoms with Gasteiger partial charge in [0.15, 0.2) is 5.82 Å². The Morgan fingerprint density at radius 3 is 2.65 bits per heavy atom. The monoisotopic (exact) mass is 250 g/mol. The maximum absolute atomic E-state index is 6.09. The van der Waals surface area contributed by atoms with Gasteiger partial charge in [-0.2, -0.15) is 10.1 Å². The third-order valence-corrected chi connectivity index (χ3v) is 2.88. The molecule has 0 atom stereocenters. The minimum atomic E-state index is 0.268. The maximum Gasteiger partial charge on any atom is 0.219 e. The standard InChI is InChI=1S/C12H15ClN4/c1-8(2)11-15-12(14)17(16-11)7-9-5-3-4-6-10(9)13/h3-6,8H,7H2,1-2H3,(H2,14,15,16). The Bertz CT molecular complexity index is 519. The molecule has 4 nitrogen and oxygen atoms in total. The SMILES string of the molecule is CC(C)c1nc(N)n(Cc2ccccc2Cl)n1. The molecule has 1 aromatic carbocycles. The Labute approximate surface area is 105 Å². The third-order valence-electron chi connectivity index (χ3n) is 2.51. The molecule has 0 aliphatic rings. The average molecular weight is 251 g/mol. The van der Waals surface area contributed by atoms with E-state index >= 15 is 0 Å². The summed E-state index contributed by atoms with van der Waals surface area (Å²) in [5.74, 6) is 1.45. The molecule has 0 bridgehead atoms. The Balaban J connectivity index is 2.27. The Morgan fingerprint density at radius 2 is 2.06 bits per heavy atom. The lowest BCUT2D eigenvalue weighted by atomic mass is 10.2. The highest BCUT2D eigenvalue weighted by Gasteiger charge is 2.11. The predicted molar refractivity (Wildman–Crippen MR) is 69.1 cm³/mol. The van der Waals surface area contributed by atoms with Crippen LogP contribution in [0.1, 0.15) is 31.2 Å². The van der Waals surface area contributed by atoms with Crippen LogP contribution in [0.15, 0.2) is 24.3 Å². The summed E-state index contributed by atoms with van der Waals surface area (Å²) in [6.45, 7) is 4.62. The van der Waals surface area contributed by atoms with E-state index in [4.69, 9.17) is 17.3 Å². The number of halogens is 1. The van der Waals surface area contributed by atoms with Crippen molar-refractivity contribution in [3.05, 3.63) is 40.7 Å². The summed E-state index contributed by atoms with van der Waals surface area (Å²) in [5, 5.41) is 5.08. The summed E-state index contributed by atoms with van der Waals surface area (Å²) in [6.07, 6.45) is 0. The number of hydrogen-bond acceptors (Lipinski definition) is 3. The van der Waals surface area contributed by atoms with Crippen molar-refractivity contribution in [2.75, 3.05) is 5.73 Å². The molecule has 5 heteroatoms. The van der Waals surface area contributed by atoms with E-state index in [1.165, 1.54) is 0 Å². The van der Waals surface area contributed by atoms with E-state index in [-0.39, 0.29) is 5.92 Å². The zero-order chi connectivity index (χ0) is 12.4. The number of benzene rings is 1. The first-order chi connectivity index (χ1) is 8.08. The van der Waals surface area contributed by atoms with Crippen LogP contribution in [0.25, 0.3) is 0 Å². The van der Waals surface area contributed by atoms with Gasteiger partial charge in [-0.05, 0) is 11.6 Å². The smallest absolute Gasteiger partial charge is 0.219 e. The van der Waals surface area contributed by atoms with Gasteiger partial charge in [-0.15, -0.1) is 0 Å². The molecule has 0 amide bonds. The van der Waals surface area contributed by atoms with Gasteiger partial charge >= 0.3 is 0 Å². The lowest BCUT2D eigenvalue weighted by Gasteiger charge is -2.04. The lowest BCUT2D eigenvalue weighted by molar-refractivity contribution is 0.663. The minimum absolute atomic E-state index is 0.268. The second-order valence-corrected chi connectivity index (χ2v) is 4.64. The molecule has 17 heavy (non-hydrogen) atoms. The van der Waals surface area contributed by atoms with Crippen LogP contribution < -0.4 is 5.73 Å². The quantitative estimate of drug-likeness (QED) is 0.911. The fourth-order valence-electron chi connectivity index (χ4n) is 1.52. The molecule has 0 unspecified atom stereocenters. The van der Waals surface area contributed by atoms with Gasteiger partial charge in [0, 0.05) is 10.9 Å². The number of aromatic nitrogens is 3. The van der Waals surface area contributed by atoms with E-state index in [1.807, 2.05) is 38.1 Å². The third kappa shape index (κ3) is 2.58. The summed E-state index contributed by atoms with van der Waals surface area (Å²) in [7, 11) is 0. The van der Waals surface area contributed by atoms with E-state index in [0.717, 1.165) is 11.4 Å². The molecule has 0 saturated carbocycles. The molecule has 0 spiro atoms. The number of rotatable bonds is 3. The van der Waals surface area contributed by atoms with Crippen LogP contribution in [-0.2, 0) is 6.54 Å². The predicted octanol–water partition coefficient (Wildman–Crippen LogP) is 2.69. The molecule has 0 aliphatic carbocycles. The highest BCUT2D eigenvalue weighted by atomic mass is 35.5. The second kappa shape index (κ2) is 4.75. The van der Waals surface area contributed by atoms with Crippen LogP contribution in [0.4, 0.5) is 5.95 Å². The normalized spacial score (nSPS) is 11.1. The van der Waals surface area contributed by atoms with E-state index in [0.29, 0.717) is 17.5 Å². The maximum atomic E-state index is 6.09. The van der Waals surface area contributed by atoms with Crippen molar-refractivity contribution in [3.63, 3.8) is 0 Å². The first kappa shape index (κ1) is 11.9. The molecule has 0 radical (unpaired) electrons. The number of anilines is 1. The lowest BCUT2D eigenvalue weighted by Crippen LogP contribution is -2.06. The van der Waals surface area contributed by atoms with Crippen molar-refractivity contribution in [3.8, 4) is 0 Å². The largest absolute Gasteiger partial charge is 0.368 e. The molecule has 2 rings (SSSR count). The molecule has 1 aromatic heterocycles. The average Bonchev–Trinajstić information content (AvgIpc) is 2.64. The van der Waals surface area contributed by atoms with Crippen LogP contribution in [-0.4, -0.2) is 14.8 Å². The fraction of sp³-hybridized carbons (Fsp3) is 0.333. The Morgan fingerprint density at radius 1 is 1.35 bits per heavy atom. The van der Waals surface area contributed by atoms with Crippen LogP contribution >= 0.6 is 11.6 Å². The van der Waals surface area contributed by atoms with Crippen molar-refractivity contribution < 1.29 is 0 Å². The van der Waals surface area contributed by atoms with Crippen LogP contribution in [0.2, 0.25) is 5.02 Å². The van der Waals surface area contributed by atoms with Gasteiger partial charge in [-0.1, -0.05) is 43.6 Å². The van der Waals surface area contributed by atoms with Gasteiger partial charge in [0.25, 0.3) is 0 Å². The Hall–Kier alpha value is -1.55. The van der Waals surface area contributed by atoms with Crippen molar-refractivity contribution in [1.29, 1.82) is 0 Å². The van der Waals surface area contributed by atoms with Crippen LogP contribution in [0.3, 0.4) is 0 Å². The minimum Gasteiger partial charge on any atom is -0.368 e. The summed E-state index contributed by atoms with van der Waals surface area (Å²) >= 11 is 6.09. The second-order valence-electron chi connectivity index (χ2n) is 4.23. The molecule has 0 aliphatic heterocycles. The highest BCUT2D eigenvalue weighted by Crippen LogP contribution is 2.18. The molecular weight excluding hydrogens is 236 g/mol. The van der Waals surface area contributed by atoms with Gasteiger partial charge in [0.2, 0.25) is 5.95 Å². The van der Waals surface area contributed by atoms with Crippen LogP contribution in [0.5, 0.6) is 0 Å². The van der Waals surface area contributed by atoms with E-state index in [2.05, 4.69) is 10.1 Å². The highest BCUT2D eigenvalue weighted by molar-refractivity contribution is 6.31. The first-order valence-electron chi connectivity index (χ1n) is 5.51. The van der Waals surface area contributed by atoms with Gasteiger partial charge in [0.05, 0.1) is 6.54 Å². The molecule has 0 fully saturated rings. The van der Waals surface area contributed by atoms with Crippen molar-refractivity contribution >= 4 is 17.5 Å². The number of hydrogen-bond donors (Lipinski definition) is 1. The van der Waals surface area contributed by atoms with E-state index in [9.17, 15) is 0 Å². The van der Waals surface area contributed by atoms with E-state index < -0.39 is 0 Å². The summed E-state index contributed by atoms with van der Waals surface area (Å²) in [6, 6.07) is 7.65. The molecule has 2 aromatic rings. The molecule has 1 heterocycles. The molecular formula is C12H15ClN4.